The second-order valence-electron chi connectivity index (χ2n) is 6.72. The zero-order valence-corrected chi connectivity index (χ0v) is 19.0. The first-order valence-corrected chi connectivity index (χ1v) is 11.4. The van der Waals surface area contributed by atoms with Crippen LogP contribution in [-0.2, 0) is 16.0 Å². The maximum absolute atomic E-state index is 12.7. The topological polar surface area (TPSA) is 58.2 Å². The third-order valence-corrected chi connectivity index (χ3v) is 6.45. The molecule has 0 aliphatic rings. The maximum Gasteiger partial charge on any atom is 0.237 e. The van der Waals surface area contributed by atoms with E-state index < -0.39 is 0 Å². The Bertz CT molecular complexity index is 1010. The van der Waals surface area contributed by atoms with Crippen LogP contribution in [0, 0.1) is 0 Å². The molecule has 4 nitrogen and oxygen atoms in total. The lowest BCUT2D eigenvalue weighted by Crippen LogP contribution is -2.24. The Kier molecular flexibility index (Phi) is 8.11. The third-order valence-electron chi connectivity index (χ3n) is 4.40. The molecule has 6 heteroatoms. The zero-order valence-electron chi connectivity index (χ0n) is 16.6. The number of halogens is 1. The first-order chi connectivity index (χ1) is 14.5. The lowest BCUT2D eigenvalue weighted by molar-refractivity contribution is -0.116. The van der Waals surface area contributed by atoms with Crippen LogP contribution in [0.1, 0.15) is 18.9 Å². The van der Waals surface area contributed by atoms with Crippen molar-refractivity contribution in [1.29, 1.82) is 0 Å². The van der Waals surface area contributed by atoms with Gasteiger partial charge in [0, 0.05) is 15.1 Å². The van der Waals surface area contributed by atoms with Gasteiger partial charge >= 0.3 is 0 Å². The van der Waals surface area contributed by atoms with Crippen molar-refractivity contribution < 1.29 is 9.59 Å². The van der Waals surface area contributed by atoms with Gasteiger partial charge in [-0.2, -0.15) is 0 Å². The summed E-state index contributed by atoms with van der Waals surface area (Å²) < 4.78 is 0.848. The Balaban J connectivity index is 1.62. The van der Waals surface area contributed by atoms with E-state index in [0.29, 0.717) is 12.8 Å². The molecular weight excluding hydrogens is 460 g/mol. The van der Waals surface area contributed by atoms with Crippen LogP contribution in [0.25, 0.3) is 0 Å². The van der Waals surface area contributed by atoms with Gasteiger partial charge in [-0.1, -0.05) is 55.5 Å². The molecule has 0 aliphatic heterocycles. The monoisotopic (exact) mass is 482 g/mol. The standard InChI is InChI=1S/C24H23BrN2O2S/c1-2-22(24(29)27-21-14-7-6-13-20(21)25)30-19-12-8-11-18(16-19)26-23(28)15-17-9-4-3-5-10-17/h3-14,16,22H,2,15H2,1H3,(H,26,28)(H,27,29). The number of hydrogen-bond acceptors (Lipinski definition) is 3. The van der Waals surface area contributed by atoms with Gasteiger partial charge in [0.2, 0.25) is 11.8 Å². The number of rotatable bonds is 8. The Hall–Kier alpha value is -2.57. The van der Waals surface area contributed by atoms with Crippen molar-refractivity contribution in [2.75, 3.05) is 10.6 Å². The fourth-order valence-corrected chi connectivity index (χ4v) is 4.29. The molecule has 1 unspecified atom stereocenters. The average Bonchev–Trinajstić information content (AvgIpc) is 2.74. The minimum atomic E-state index is -0.243. The highest BCUT2D eigenvalue weighted by molar-refractivity contribution is 9.10. The van der Waals surface area contributed by atoms with Crippen LogP contribution in [0.3, 0.4) is 0 Å². The summed E-state index contributed by atoms with van der Waals surface area (Å²) in [5.41, 5.74) is 2.45. The molecule has 2 N–H and O–H groups in total. The largest absolute Gasteiger partial charge is 0.326 e. The smallest absolute Gasteiger partial charge is 0.237 e. The predicted molar refractivity (Wildman–Crippen MR) is 128 cm³/mol. The molecule has 0 aliphatic carbocycles. The van der Waals surface area contributed by atoms with Crippen molar-refractivity contribution in [1.82, 2.24) is 0 Å². The fourth-order valence-electron chi connectivity index (χ4n) is 2.90. The van der Waals surface area contributed by atoms with Gasteiger partial charge in [-0.3, -0.25) is 9.59 Å². The van der Waals surface area contributed by atoms with E-state index in [9.17, 15) is 9.59 Å². The molecule has 2 amide bonds. The highest BCUT2D eigenvalue weighted by Gasteiger charge is 2.19. The second-order valence-corrected chi connectivity index (χ2v) is 8.85. The highest BCUT2D eigenvalue weighted by Crippen LogP contribution is 2.29. The summed E-state index contributed by atoms with van der Waals surface area (Å²) in [6.45, 7) is 1.99. The number of anilines is 2. The number of hydrogen-bond donors (Lipinski definition) is 2. The quantitative estimate of drug-likeness (QED) is 0.379. The van der Waals surface area contributed by atoms with Gasteiger partial charge < -0.3 is 10.6 Å². The molecule has 0 radical (unpaired) electrons. The van der Waals surface area contributed by atoms with Crippen LogP contribution in [0.5, 0.6) is 0 Å². The molecule has 0 saturated heterocycles. The molecule has 3 aromatic carbocycles. The number of carbonyl (C=O) groups is 2. The zero-order chi connectivity index (χ0) is 21.3. The highest BCUT2D eigenvalue weighted by atomic mass is 79.9. The van der Waals surface area contributed by atoms with Crippen molar-refractivity contribution in [3.8, 4) is 0 Å². The van der Waals surface area contributed by atoms with E-state index in [2.05, 4.69) is 26.6 Å². The summed E-state index contributed by atoms with van der Waals surface area (Å²) in [5, 5.41) is 5.68. The molecular formula is C24H23BrN2O2S. The molecule has 3 rings (SSSR count). The molecule has 0 bridgehead atoms. The summed E-state index contributed by atoms with van der Waals surface area (Å²) in [5.74, 6) is -0.116. The SMILES string of the molecule is CCC(Sc1cccc(NC(=O)Cc2ccccc2)c1)C(=O)Nc1ccccc1Br. The Morgan fingerprint density at radius 1 is 0.933 bits per heavy atom. The van der Waals surface area contributed by atoms with Gasteiger partial charge in [-0.15, -0.1) is 11.8 Å². The van der Waals surface area contributed by atoms with E-state index >= 15 is 0 Å². The molecule has 1 atom stereocenters. The number of amides is 2. The second kappa shape index (κ2) is 11.0. The van der Waals surface area contributed by atoms with Crippen LogP contribution in [-0.4, -0.2) is 17.1 Å². The Labute approximate surface area is 189 Å². The minimum Gasteiger partial charge on any atom is -0.326 e. The van der Waals surface area contributed by atoms with E-state index in [1.807, 2.05) is 85.8 Å². The van der Waals surface area contributed by atoms with E-state index in [0.717, 1.165) is 26.3 Å². The van der Waals surface area contributed by atoms with Gasteiger partial charge in [0.15, 0.2) is 0 Å². The van der Waals surface area contributed by atoms with Crippen LogP contribution in [0.4, 0.5) is 11.4 Å². The van der Waals surface area contributed by atoms with Gasteiger partial charge in [-0.05, 0) is 58.2 Å². The van der Waals surface area contributed by atoms with Crippen molar-refractivity contribution in [3.63, 3.8) is 0 Å². The van der Waals surface area contributed by atoms with E-state index in [1.54, 1.807) is 0 Å². The van der Waals surface area contributed by atoms with Gasteiger partial charge in [0.25, 0.3) is 0 Å². The van der Waals surface area contributed by atoms with Crippen molar-refractivity contribution >= 4 is 50.9 Å². The molecule has 0 spiro atoms. The third kappa shape index (κ3) is 6.47. The van der Waals surface area contributed by atoms with E-state index in [1.165, 1.54) is 11.8 Å². The van der Waals surface area contributed by atoms with Crippen LogP contribution >= 0.6 is 27.7 Å². The summed E-state index contributed by atoms with van der Waals surface area (Å²) in [4.78, 5) is 26.0. The normalized spacial score (nSPS) is 11.5. The molecule has 154 valence electrons. The predicted octanol–water partition coefficient (Wildman–Crippen LogP) is 6.14. The lowest BCUT2D eigenvalue weighted by Gasteiger charge is -2.16. The summed E-state index contributed by atoms with van der Waals surface area (Å²) in [6.07, 6.45) is 1.01. The van der Waals surface area contributed by atoms with Gasteiger partial charge in [-0.25, -0.2) is 0 Å². The lowest BCUT2D eigenvalue weighted by atomic mass is 10.1. The number of thioether (sulfide) groups is 1. The number of benzene rings is 3. The molecule has 30 heavy (non-hydrogen) atoms. The Morgan fingerprint density at radius 2 is 1.67 bits per heavy atom. The number of nitrogens with one attached hydrogen (secondary N) is 2. The first-order valence-electron chi connectivity index (χ1n) is 9.71. The Morgan fingerprint density at radius 3 is 2.40 bits per heavy atom. The summed E-state index contributed by atoms with van der Waals surface area (Å²) in [7, 11) is 0. The minimum absolute atomic E-state index is 0.0482. The molecule has 0 fully saturated rings. The number of carbonyl (C=O) groups excluding carboxylic acids is 2. The molecule has 0 saturated carbocycles. The first kappa shape index (κ1) is 22.1. The average molecular weight is 483 g/mol. The molecule has 3 aromatic rings. The van der Waals surface area contributed by atoms with E-state index in [4.69, 9.17) is 0 Å². The van der Waals surface area contributed by atoms with Gasteiger partial charge in [0.1, 0.15) is 0 Å². The van der Waals surface area contributed by atoms with Crippen molar-refractivity contribution in [2.24, 2.45) is 0 Å². The summed E-state index contributed by atoms with van der Waals surface area (Å²) >= 11 is 4.95. The summed E-state index contributed by atoms with van der Waals surface area (Å²) in [6, 6.07) is 24.8. The van der Waals surface area contributed by atoms with Crippen LogP contribution in [0.2, 0.25) is 0 Å². The number of para-hydroxylation sites is 1. The van der Waals surface area contributed by atoms with Crippen molar-refractivity contribution in [2.45, 2.75) is 29.9 Å². The van der Waals surface area contributed by atoms with Crippen LogP contribution in [0.15, 0.2) is 88.2 Å². The fraction of sp³-hybridized carbons (Fsp3) is 0.167. The molecule has 0 aromatic heterocycles. The maximum atomic E-state index is 12.7. The molecule has 0 heterocycles. The van der Waals surface area contributed by atoms with E-state index in [-0.39, 0.29) is 17.1 Å². The van der Waals surface area contributed by atoms with Gasteiger partial charge in [0.05, 0.1) is 17.4 Å². The van der Waals surface area contributed by atoms with Crippen molar-refractivity contribution in [3.05, 3.63) is 88.9 Å². The van der Waals surface area contributed by atoms with Crippen LogP contribution < -0.4 is 10.6 Å².